The maximum Gasteiger partial charge on any atom is 0.509 e. The first-order valence-electron chi connectivity index (χ1n) is 35.1. The molecule has 3 aromatic rings. The van der Waals surface area contributed by atoms with Crippen LogP contribution in [0.3, 0.4) is 0 Å². The van der Waals surface area contributed by atoms with Gasteiger partial charge < -0.3 is 80.2 Å². The van der Waals surface area contributed by atoms with Crippen LogP contribution in [0.1, 0.15) is 134 Å². The number of urea groups is 1. The SMILES string of the molecule is CCCC1O[C@@H]2C[C@H]3[C@@H]4CCC5=CC(=O)C=C[C@]5(C)[C@H]4[C@@H](O)C[C@]3(C)[C@]2(C(=O)COC(=O)OCc2ccc(NC(=O)[C@H](CCCNC(N)=O)NC(=O)[C@@H](NC(=O)CCOCCOCCOCCOCCNC(=O)CCC(=O)N3Cc4ccccc4/C=C(/C)c4ccccc43)C(C)C)cc2)O1. The van der Waals surface area contributed by atoms with Gasteiger partial charge in [-0.15, -0.1) is 0 Å². The molecule has 100 heavy (non-hydrogen) atoms. The molecular formula is C75H99N7O18. The molecule has 11 atom stereocenters. The minimum atomic E-state index is -1.49. The molecule has 6 aliphatic rings. The number of aliphatic hydroxyl groups excluding tert-OH is 1. The number of nitrogens with zero attached hydrogens (tertiary/aromatic N) is 1. The minimum Gasteiger partial charge on any atom is -0.429 e. The number of hydrogen-bond acceptors (Lipinski definition) is 18. The van der Waals surface area contributed by atoms with Crippen molar-refractivity contribution >= 4 is 76.3 Å². The van der Waals surface area contributed by atoms with Crippen molar-refractivity contribution in [3.63, 3.8) is 0 Å². The topological polar surface area (TPSA) is 337 Å². The number of anilines is 2. The number of carbonyl (C=O) groups excluding carboxylic acids is 9. The lowest BCUT2D eigenvalue weighted by Crippen LogP contribution is -2.63. The number of allylic oxidation sites excluding steroid dienone is 5. The molecule has 9 rings (SSSR count). The Labute approximate surface area is 584 Å². The molecule has 542 valence electrons. The lowest BCUT2D eigenvalue weighted by Gasteiger charge is -2.59. The number of ketones is 2. The van der Waals surface area contributed by atoms with E-state index in [1.54, 1.807) is 55.2 Å². The van der Waals surface area contributed by atoms with E-state index >= 15 is 0 Å². The smallest absolute Gasteiger partial charge is 0.429 e. The Kier molecular flexibility index (Phi) is 26.9. The van der Waals surface area contributed by atoms with E-state index in [1.165, 1.54) is 0 Å². The third-order valence-corrected chi connectivity index (χ3v) is 20.4. The van der Waals surface area contributed by atoms with Crippen LogP contribution in [0.5, 0.6) is 0 Å². The summed E-state index contributed by atoms with van der Waals surface area (Å²) in [6, 6.07) is 19.3. The average molecular weight is 1390 g/mol. The van der Waals surface area contributed by atoms with Gasteiger partial charge in [-0.05, 0) is 122 Å². The van der Waals surface area contributed by atoms with Gasteiger partial charge in [-0.1, -0.05) is 113 Å². The molecule has 0 aromatic heterocycles. The molecule has 1 unspecified atom stereocenters. The van der Waals surface area contributed by atoms with Crippen LogP contribution < -0.4 is 37.2 Å². The first-order valence-corrected chi connectivity index (χ1v) is 35.1. The van der Waals surface area contributed by atoms with Crippen molar-refractivity contribution in [3.8, 4) is 0 Å². The zero-order valence-electron chi connectivity index (χ0n) is 58.3. The third kappa shape index (κ3) is 18.7. The van der Waals surface area contributed by atoms with Gasteiger partial charge in [-0.25, -0.2) is 9.59 Å². The van der Waals surface area contributed by atoms with E-state index in [1.807, 2.05) is 75.4 Å². The Morgan fingerprint density at radius 1 is 0.780 bits per heavy atom. The number of aliphatic hydroxyl groups is 1. The Bertz CT molecular complexity index is 3500. The Balaban J connectivity index is 0.637. The van der Waals surface area contributed by atoms with Gasteiger partial charge in [0.2, 0.25) is 35.3 Å². The van der Waals surface area contributed by atoms with E-state index in [-0.39, 0.29) is 126 Å². The summed E-state index contributed by atoms with van der Waals surface area (Å²) in [5.41, 5.74) is 9.23. The van der Waals surface area contributed by atoms with Gasteiger partial charge in [0.25, 0.3) is 0 Å². The predicted molar refractivity (Wildman–Crippen MR) is 370 cm³/mol. The van der Waals surface area contributed by atoms with Gasteiger partial charge in [0.1, 0.15) is 18.7 Å². The van der Waals surface area contributed by atoms with Gasteiger partial charge in [0.05, 0.1) is 77.3 Å². The molecule has 2 heterocycles. The molecule has 7 amide bonds. The highest BCUT2D eigenvalue weighted by Crippen LogP contribution is 2.70. The molecule has 4 aliphatic carbocycles. The number of para-hydroxylation sites is 1. The fourth-order valence-electron chi connectivity index (χ4n) is 15.4. The van der Waals surface area contributed by atoms with Crippen LogP contribution in [0.15, 0.2) is 96.6 Å². The van der Waals surface area contributed by atoms with Crippen molar-refractivity contribution in [1.82, 2.24) is 21.3 Å². The van der Waals surface area contributed by atoms with Gasteiger partial charge >= 0.3 is 12.2 Å². The van der Waals surface area contributed by atoms with E-state index in [4.69, 9.17) is 43.6 Å². The van der Waals surface area contributed by atoms with Crippen LogP contribution in [-0.4, -0.2) is 167 Å². The summed E-state index contributed by atoms with van der Waals surface area (Å²) < 4.78 is 46.5. The van der Waals surface area contributed by atoms with Crippen LogP contribution in [-0.2, 0) is 84.6 Å². The molecule has 4 fully saturated rings. The van der Waals surface area contributed by atoms with E-state index in [2.05, 4.69) is 39.6 Å². The molecule has 8 N–H and O–H groups in total. The highest BCUT2D eigenvalue weighted by atomic mass is 16.8. The summed E-state index contributed by atoms with van der Waals surface area (Å²) in [6.45, 7) is 13.5. The lowest BCUT2D eigenvalue weighted by molar-refractivity contribution is -0.200. The molecule has 0 spiro atoms. The fourth-order valence-corrected chi connectivity index (χ4v) is 15.4. The number of carbonyl (C=O) groups is 9. The maximum absolute atomic E-state index is 14.7. The number of amides is 7. The standard InChI is InChI=1S/C75H99N7O18/c1-7-13-66-99-62-42-57-56-24-21-52-41-54(83)27-29-73(52,5)67(56)60(84)43-74(57,6)75(62,100-66)61(85)46-98-72(92)97-45-49-19-22-53(23-20-49)79-69(89)58(17-12-30-78-71(76)91)80-70(90)68(47(2)3)81-64(87)28-32-93-34-36-95-38-39-96-37-35-94-33-31-77-63(86)25-26-65(88)82-44-51-15-9-8-14-50(51)40-48(4)55-16-10-11-18-59(55)82/h8-11,14-16,18-20,22-23,27,29,40-41,47,56-58,60,62,66-68,84H,7,12-13,17,21,24-26,28,30-39,42-46H2,1-6H3,(H,77,86)(H,79,89)(H,80,90)(H,81,87)(H3,76,78,91)/b48-40-/t56-,57-,58-,60-,62+,66?,67+,68-,73-,74-,75+/m0/s1. The van der Waals surface area contributed by atoms with Crippen LogP contribution in [0.2, 0.25) is 0 Å². The molecule has 2 aliphatic heterocycles. The predicted octanol–water partition coefficient (Wildman–Crippen LogP) is 7.55. The van der Waals surface area contributed by atoms with Crippen molar-refractivity contribution in [2.24, 2.45) is 40.2 Å². The Hall–Kier alpha value is -8.17. The number of benzene rings is 3. The summed E-state index contributed by atoms with van der Waals surface area (Å²) >= 11 is 0. The second-order valence-corrected chi connectivity index (χ2v) is 27.4. The number of nitrogens with two attached hydrogens (primary N) is 1. The second-order valence-electron chi connectivity index (χ2n) is 27.4. The largest absolute Gasteiger partial charge is 0.509 e. The van der Waals surface area contributed by atoms with Gasteiger partial charge in [0.15, 0.2) is 24.3 Å². The summed E-state index contributed by atoms with van der Waals surface area (Å²) in [4.78, 5) is 120. The van der Waals surface area contributed by atoms with E-state index in [0.717, 1.165) is 46.4 Å². The highest BCUT2D eigenvalue weighted by molar-refractivity contribution is 6.02. The number of ether oxygens (including phenoxy) is 8. The van der Waals surface area contributed by atoms with Gasteiger partial charge in [0, 0.05) is 60.4 Å². The molecular weight excluding hydrogens is 1290 g/mol. The quantitative estimate of drug-likeness (QED) is 0.0221. The van der Waals surface area contributed by atoms with Gasteiger partial charge in [-0.2, -0.15) is 0 Å². The van der Waals surface area contributed by atoms with Crippen molar-refractivity contribution in [2.75, 3.05) is 82.8 Å². The van der Waals surface area contributed by atoms with Crippen molar-refractivity contribution in [3.05, 3.63) is 119 Å². The number of nitrogens with one attached hydrogen (secondary N) is 5. The number of primary amides is 1. The van der Waals surface area contributed by atoms with Crippen molar-refractivity contribution in [2.45, 2.75) is 162 Å². The molecule has 0 bridgehead atoms. The normalized spacial score (nSPS) is 25.1. The van der Waals surface area contributed by atoms with E-state index in [0.29, 0.717) is 63.5 Å². The van der Waals surface area contributed by atoms with E-state index in [9.17, 15) is 48.3 Å². The van der Waals surface area contributed by atoms with Crippen LogP contribution in [0, 0.1) is 34.5 Å². The number of fused-ring (bicyclic) bond motifs is 9. The summed E-state index contributed by atoms with van der Waals surface area (Å²) in [5.74, 6) is -3.13. The average Bonchev–Trinajstić information content (AvgIpc) is 1.49. The zero-order valence-corrected chi connectivity index (χ0v) is 58.3. The maximum atomic E-state index is 14.7. The fraction of sp³-hybridized carbons (Fsp3) is 0.560. The molecule has 3 saturated carbocycles. The van der Waals surface area contributed by atoms with Gasteiger partial charge in [-0.3, -0.25) is 33.6 Å². The monoisotopic (exact) mass is 1390 g/mol. The Morgan fingerprint density at radius 3 is 2.20 bits per heavy atom. The minimum absolute atomic E-state index is 0.0124. The molecule has 25 heteroatoms. The van der Waals surface area contributed by atoms with E-state index < -0.39 is 89.3 Å². The highest BCUT2D eigenvalue weighted by Gasteiger charge is 2.76. The van der Waals surface area contributed by atoms with Crippen LogP contribution in [0.4, 0.5) is 21.0 Å². The molecule has 25 nitrogen and oxygen atoms in total. The molecule has 0 radical (unpaired) electrons. The van der Waals surface area contributed by atoms with Crippen LogP contribution in [0.25, 0.3) is 11.6 Å². The number of Topliss-reactive ketones (excluding diaryl/α,β-unsaturated/α-hetero) is 1. The number of hydrogen-bond donors (Lipinski definition) is 7. The summed E-state index contributed by atoms with van der Waals surface area (Å²) in [6.07, 6.45) is 8.11. The zero-order chi connectivity index (χ0) is 71.6. The number of rotatable bonds is 35. The molecule has 3 aromatic carbocycles. The Morgan fingerprint density at radius 2 is 1.48 bits per heavy atom. The van der Waals surface area contributed by atoms with Crippen molar-refractivity contribution < 1.29 is 86.2 Å². The molecule has 1 saturated heterocycles. The second kappa shape index (κ2) is 35.4. The first kappa shape index (κ1) is 76.0. The summed E-state index contributed by atoms with van der Waals surface area (Å²) in [7, 11) is 0. The third-order valence-electron chi connectivity index (χ3n) is 20.4. The first-order chi connectivity index (χ1) is 48.0. The summed E-state index contributed by atoms with van der Waals surface area (Å²) in [5, 5.41) is 25.7. The lowest BCUT2D eigenvalue weighted by atomic mass is 9.46. The van der Waals surface area contributed by atoms with Crippen molar-refractivity contribution in [1.29, 1.82) is 0 Å². The van der Waals surface area contributed by atoms with Crippen LogP contribution >= 0.6 is 0 Å².